The fraction of sp³-hybridized carbons (Fsp3) is 0.385. The van der Waals surface area contributed by atoms with Crippen molar-refractivity contribution in [2.24, 2.45) is 0 Å². The Bertz CT molecular complexity index is 575. The molecular formula is C13H17ClN6. The van der Waals surface area contributed by atoms with Crippen LogP contribution in [0.5, 0.6) is 0 Å². The van der Waals surface area contributed by atoms with Crippen LogP contribution in [0.2, 0.25) is 5.28 Å². The Morgan fingerprint density at radius 2 is 1.90 bits per heavy atom. The molecule has 6 nitrogen and oxygen atoms in total. The molecule has 2 rings (SSSR count). The van der Waals surface area contributed by atoms with Crippen molar-refractivity contribution >= 4 is 23.5 Å². The van der Waals surface area contributed by atoms with Crippen LogP contribution < -0.4 is 10.6 Å². The lowest BCUT2D eigenvalue weighted by Crippen LogP contribution is -2.10. The predicted molar refractivity (Wildman–Crippen MR) is 79.9 cm³/mol. The molecule has 0 atom stereocenters. The van der Waals surface area contributed by atoms with Crippen LogP contribution in [0.15, 0.2) is 18.3 Å². The lowest BCUT2D eigenvalue weighted by atomic mass is 10.2. The molecule has 2 heterocycles. The second-order valence-electron chi connectivity index (χ2n) is 4.30. The van der Waals surface area contributed by atoms with Crippen LogP contribution in [0.4, 0.5) is 11.9 Å². The van der Waals surface area contributed by atoms with Crippen molar-refractivity contribution in [1.82, 2.24) is 19.9 Å². The van der Waals surface area contributed by atoms with Crippen LogP contribution in [0.25, 0.3) is 0 Å². The van der Waals surface area contributed by atoms with Gasteiger partial charge in [0.1, 0.15) is 0 Å². The van der Waals surface area contributed by atoms with Crippen molar-refractivity contribution in [3.8, 4) is 0 Å². The number of aromatic nitrogens is 4. The third kappa shape index (κ3) is 4.03. The first-order chi connectivity index (χ1) is 9.69. The number of pyridine rings is 1. The SMILES string of the molecule is CCCNc1nc(Cl)nc(NCc2ncccc2C)n1. The Morgan fingerprint density at radius 1 is 1.15 bits per heavy atom. The Hall–Kier alpha value is -1.95. The fourth-order valence-electron chi connectivity index (χ4n) is 1.61. The maximum absolute atomic E-state index is 5.88. The normalized spacial score (nSPS) is 10.3. The summed E-state index contributed by atoms with van der Waals surface area (Å²) in [6.45, 7) is 5.41. The Labute approximate surface area is 123 Å². The number of hydrogen-bond acceptors (Lipinski definition) is 6. The monoisotopic (exact) mass is 292 g/mol. The van der Waals surface area contributed by atoms with Gasteiger partial charge < -0.3 is 10.6 Å². The highest BCUT2D eigenvalue weighted by Gasteiger charge is 2.05. The third-order valence-corrected chi connectivity index (χ3v) is 2.84. The van der Waals surface area contributed by atoms with Gasteiger partial charge in [-0.1, -0.05) is 13.0 Å². The summed E-state index contributed by atoms with van der Waals surface area (Å²) in [5, 5.41) is 6.36. The van der Waals surface area contributed by atoms with E-state index in [1.165, 1.54) is 0 Å². The molecule has 0 aliphatic carbocycles. The van der Waals surface area contributed by atoms with Gasteiger partial charge in [-0.3, -0.25) is 4.98 Å². The van der Waals surface area contributed by atoms with Crippen LogP contribution in [-0.2, 0) is 6.54 Å². The van der Waals surface area contributed by atoms with E-state index in [-0.39, 0.29) is 5.28 Å². The molecule has 0 aliphatic rings. The molecule has 0 aliphatic heterocycles. The highest BCUT2D eigenvalue weighted by molar-refractivity contribution is 6.28. The van der Waals surface area contributed by atoms with Crippen molar-refractivity contribution in [3.63, 3.8) is 0 Å². The summed E-state index contributed by atoms with van der Waals surface area (Å²) in [5.74, 6) is 0.917. The minimum absolute atomic E-state index is 0.166. The summed E-state index contributed by atoms with van der Waals surface area (Å²) in [5.41, 5.74) is 2.07. The van der Waals surface area contributed by atoms with Crippen molar-refractivity contribution in [2.45, 2.75) is 26.8 Å². The van der Waals surface area contributed by atoms with E-state index in [4.69, 9.17) is 11.6 Å². The van der Waals surface area contributed by atoms with Crippen LogP contribution in [0.3, 0.4) is 0 Å². The van der Waals surface area contributed by atoms with E-state index in [9.17, 15) is 0 Å². The van der Waals surface area contributed by atoms with E-state index in [0.717, 1.165) is 24.2 Å². The molecule has 20 heavy (non-hydrogen) atoms. The Morgan fingerprint density at radius 3 is 2.60 bits per heavy atom. The molecule has 0 bridgehead atoms. The van der Waals surface area contributed by atoms with E-state index in [1.807, 2.05) is 19.1 Å². The first kappa shape index (κ1) is 14.5. The van der Waals surface area contributed by atoms with Gasteiger partial charge in [-0.15, -0.1) is 0 Å². The molecule has 0 saturated heterocycles. The smallest absolute Gasteiger partial charge is 0.229 e. The van der Waals surface area contributed by atoms with E-state index < -0.39 is 0 Å². The van der Waals surface area contributed by atoms with Crippen LogP contribution in [0.1, 0.15) is 24.6 Å². The zero-order chi connectivity index (χ0) is 14.4. The van der Waals surface area contributed by atoms with Gasteiger partial charge in [-0.05, 0) is 36.6 Å². The van der Waals surface area contributed by atoms with Crippen molar-refractivity contribution in [1.29, 1.82) is 0 Å². The van der Waals surface area contributed by atoms with Gasteiger partial charge in [-0.25, -0.2) is 0 Å². The van der Waals surface area contributed by atoms with Gasteiger partial charge in [-0.2, -0.15) is 15.0 Å². The molecule has 0 saturated carbocycles. The number of anilines is 2. The largest absolute Gasteiger partial charge is 0.354 e. The topological polar surface area (TPSA) is 75.6 Å². The first-order valence-electron chi connectivity index (χ1n) is 6.49. The molecule has 7 heteroatoms. The molecular weight excluding hydrogens is 276 g/mol. The average molecular weight is 293 g/mol. The molecule has 106 valence electrons. The molecule has 0 unspecified atom stereocenters. The van der Waals surface area contributed by atoms with Crippen molar-refractivity contribution in [2.75, 3.05) is 17.2 Å². The standard InChI is InChI=1S/C13H17ClN6/c1-3-6-16-12-18-11(14)19-13(20-12)17-8-10-9(2)5-4-7-15-10/h4-5,7H,3,6,8H2,1-2H3,(H2,16,17,18,19,20). The number of rotatable bonds is 6. The lowest BCUT2D eigenvalue weighted by molar-refractivity contribution is 0.925. The quantitative estimate of drug-likeness (QED) is 0.852. The van der Waals surface area contributed by atoms with Crippen LogP contribution >= 0.6 is 11.6 Å². The zero-order valence-corrected chi connectivity index (χ0v) is 12.3. The number of halogens is 1. The van der Waals surface area contributed by atoms with Gasteiger partial charge >= 0.3 is 0 Å². The van der Waals surface area contributed by atoms with E-state index in [1.54, 1.807) is 6.20 Å². The number of nitrogens with one attached hydrogen (secondary N) is 2. The highest BCUT2D eigenvalue weighted by atomic mass is 35.5. The molecule has 2 aromatic rings. The number of aryl methyl sites for hydroxylation is 1. The Kier molecular flexibility index (Phi) is 5.06. The van der Waals surface area contributed by atoms with Gasteiger partial charge in [0.25, 0.3) is 0 Å². The zero-order valence-electron chi connectivity index (χ0n) is 11.5. The lowest BCUT2D eigenvalue weighted by Gasteiger charge is -2.08. The van der Waals surface area contributed by atoms with Gasteiger partial charge in [0.2, 0.25) is 17.2 Å². The third-order valence-electron chi connectivity index (χ3n) is 2.67. The van der Waals surface area contributed by atoms with Crippen molar-refractivity contribution < 1.29 is 0 Å². The fourth-order valence-corrected chi connectivity index (χ4v) is 1.77. The summed E-state index contributed by atoms with van der Waals surface area (Å²) in [6.07, 6.45) is 2.75. The van der Waals surface area contributed by atoms with Gasteiger partial charge in [0.05, 0.1) is 12.2 Å². The highest BCUT2D eigenvalue weighted by Crippen LogP contribution is 2.11. The maximum Gasteiger partial charge on any atom is 0.229 e. The van der Waals surface area contributed by atoms with Crippen LogP contribution in [-0.4, -0.2) is 26.5 Å². The average Bonchev–Trinajstić information content (AvgIpc) is 2.44. The maximum atomic E-state index is 5.88. The minimum atomic E-state index is 0.166. The molecule has 0 aromatic carbocycles. The van der Waals surface area contributed by atoms with E-state index in [2.05, 4.69) is 37.5 Å². The minimum Gasteiger partial charge on any atom is -0.354 e. The van der Waals surface area contributed by atoms with E-state index >= 15 is 0 Å². The second-order valence-corrected chi connectivity index (χ2v) is 4.64. The molecule has 2 aromatic heterocycles. The first-order valence-corrected chi connectivity index (χ1v) is 6.86. The van der Waals surface area contributed by atoms with Gasteiger partial charge in [0.15, 0.2) is 0 Å². The van der Waals surface area contributed by atoms with E-state index in [0.29, 0.717) is 18.4 Å². The summed E-state index contributed by atoms with van der Waals surface area (Å²) in [6, 6.07) is 3.92. The summed E-state index contributed by atoms with van der Waals surface area (Å²) < 4.78 is 0. The van der Waals surface area contributed by atoms with Crippen molar-refractivity contribution in [3.05, 3.63) is 34.9 Å². The molecule has 0 radical (unpaired) electrons. The molecule has 0 fully saturated rings. The van der Waals surface area contributed by atoms with Crippen LogP contribution in [0, 0.1) is 6.92 Å². The number of nitrogens with zero attached hydrogens (tertiary/aromatic N) is 4. The van der Waals surface area contributed by atoms with Gasteiger partial charge in [0, 0.05) is 12.7 Å². The summed E-state index contributed by atoms with van der Waals surface area (Å²) in [7, 11) is 0. The molecule has 0 spiro atoms. The second kappa shape index (κ2) is 7.00. The summed E-state index contributed by atoms with van der Waals surface area (Å²) >= 11 is 5.88. The molecule has 2 N–H and O–H groups in total. The summed E-state index contributed by atoms with van der Waals surface area (Å²) in [4.78, 5) is 16.6. The Balaban J connectivity index is 2.05. The molecule has 0 amide bonds. The predicted octanol–water partition coefficient (Wildman–Crippen LogP) is 2.66. The number of hydrogen-bond donors (Lipinski definition) is 2.